The van der Waals surface area contributed by atoms with Crippen LogP contribution in [-0.2, 0) is 0 Å². The molecule has 1 N–H and O–H groups in total. The molecule has 0 aliphatic rings. The molecule has 0 heterocycles. The van der Waals surface area contributed by atoms with Gasteiger partial charge in [-0.15, -0.1) is 0 Å². The van der Waals surface area contributed by atoms with E-state index in [1.165, 1.54) is 18.2 Å². The van der Waals surface area contributed by atoms with Gasteiger partial charge in [0.2, 0.25) is 0 Å². The molecule has 2 rings (SSSR count). The Hall–Kier alpha value is -1.29. The predicted octanol–water partition coefficient (Wildman–Crippen LogP) is 4.98. The second-order valence-corrected chi connectivity index (χ2v) is 4.89. The first kappa shape index (κ1) is 14.1. The van der Waals surface area contributed by atoms with Crippen molar-refractivity contribution in [1.29, 1.82) is 0 Å². The van der Waals surface area contributed by atoms with Crippen LogP contribution in [0.5, 0.6) is 11.5 Å². The van der Waals surface area contributed by atoms with Crippen LogP contribution in [0, 0.1) is 5.82 Å². The third kappa shape index (κ3) is 3.38. The van der Waals surface area contributed by atoms with Crippen LogP contribution in [0.2, 0.25) is 10.0 Å². The molecule has 0 spiro atoms. The van der Waals surface area contributed by atoms with Gasteiger partial charge < -0.3 is 9.84 Å². The number of benzene rings is 2. The highest BCUT2D eigenvalue weighted by molar-refractivity contribution is 6.34. The lowest BCUT2D eigenvalue weighted by atomic mass is 10.1. The summed E-state index contributed by atoms with van der Waals surface area (Å²) in [5, 5.41) is 10.1. The van der Waals surface area contributed by atoms with E-state index in [1.807, 2.05) is 0 Å². The summed E-state index contributed by atoms with van der Waals surface area (Å²) in [6.07, 6.45) is -0.738. The zero-order chi connectivity index (χ0) is 14.0. The molecule has 100 valence electrons. The summed E-state index contributed by atoms with van der Waals surface area (Å²) in [5.41, 5.74) is 0.474. The highest BCUT2D eigenvalue weighted by Gasteiger charge is 2.11. The minimum Gasteiger partial charge on any atom is -0.453 e. The third-order valence-corrected chi connectivity index (χ3v) is 3.10. The van der Waals surface area contributed by atoms with Crippen molar-refractivity contribution in [3.05, 3.63) is 57.8 Å². The lowest BCUT2D eigenvalue weighted by Crippen LogP contribution is -1.95. The Kier molecular flexibility index (Phi) is 4.30. The van der Waals surface area contributed by atoms with E-state index >= 15 is 0 Å². The Morgan fingerprint density at radius 1 is 1.11 bits per heavy atom. The van der Waals surface area contributed by atoms with Gasteiger partial charge in [-0.2, -0.15) is 0 Å². The van der Waals surface area contributed by atoms with Crippen LogP contribution in [0.3, 0.4) is 0 Å². The molecule has 0 bridgehead atoms. The number of aliphatic hydroxyl groups is 1. The van der Waals surface area contributed by atoms with E-state index in [4.69, 9.17) is 27.9 Å². The Morgan fingerprint density at radius 2 is 1.84 bits per heavy atom. The second kappa shape index (κ2) is 5.78. The van der Waals surface area contributed by atoms with Gasteiger partial charge in [-0.1, -0.05) is 29.3 Å². The predicted molar refractivity (Wildman–Crippen MR) is 73.6 cm³/mol. The van der Waals surface area contributed by atoms with Crippen molar-refractivity contribution >= 4 is 23.2 Å². The fraction of sp³-hybridized carbons (Fsp3) is 0.143. The van der Waals surface area contributed by atoms with Crippen molar-refractivity contribution in [2.24, 2.45) is 0 Å². The van der Waals surface area contributed by atoms with Crippen LogP contribution in [0.4, 0.5) is 4.39 Å². The zero-order valence-corrected chi connectivity index (χ0v) is 11.5. The minimum atomic E-state index is -0.738. The van der Waals surface area contributed by atoms with E-state index in [0.29, 0.717) is 15.6 Å². The molecular weight excluding hydrogens is 290 g/mol. The van der Waals surface area contributed by atoms with Crippen molar-refractivity contribution < 1.29 is 14.2 Å². The van der Waals surface area contributed by atoms with E-state index in [0.717, 1.165) is 0 Å². The molecule has 0 fully saturated rings. The monoisotopic (exact) mass is 300 g/mol. The average molecular weight is 301 g/mol. The van der Waals surface area contributed by atoms with Gasteiger partial charge >= 0.3 is 0 Å². The van der Waals surface area contributed by atoms with Crippen molar-refractivity contribution in [2.45, 2.75) is 13.0 Å². The number of hydrogen-bond acceptors (Lipinski definition) is 2. The van der Waals surface area contributed by atoms with Crippen LogP contribution in [0.15, 0.2) is 36.4 Å². The fourth-order valence-corrected chi connectivity index (χ4v) is 1.85. The molecule has 1 atom stereocenters. The third-order valence-electron chi connectivity index (χ3n) is 2.55. The molecule has 2 aromatic carbocycles. The number of rotatable bonds is 3. The summed E-state index contributed by atoms with van der Waals surface area (Å²) in [5.74, 6) is -0.277. The first-order chi connectivity index (χ1) is 8.97. The van der Waals surface area contributed by atoms with Gasteiger partial charge in [0.05, 0.1) is 11.1 Å². The molecule has 0 aromatic heterocycles. The zero-order valence-electron chi connectivity index (χ0n) is 10.0. The van der Waals surface area contributed by atoms with Crippen LogP contribution in [0.25, 0.3) is 0 Å². The fourth-order valence-electron chi connectivity index (χ4n) is 1.53. The molecule has 0 radical (unpaired) electrons. The maximum atomic E-state index is 13.8. The van der Waals surface area contributed by atoms with Crippen molar-refractivity contribution in [3.63, 3.8) is 0 Å². The molecule has 0 saturated carbocycles. The number of halogens is 3. The number of hydrogen-bond donors (Lipinski definition) is 1. The Morgan fingerprint density at radius 3 is 2.47 bits per heavy atom. The normalized spacial score (nSPS) is 12.3. The smallest absolute Gasteiger partial charge is 0.166 e. The molecule has 5 heteroatoms. The van der Waals surface area contributed by atoms with Crippen LogP contribution in [-0.4, -0.2) is 5.11 Å². The molecule has 0 aliphatic heterocycles. The topological polar surface area (TPSA) is 29.5 Å². The first-order valence-corrected chi connectivity index (χ1v) is 6.33. The maximum Gasteiger partial charge on any atom is 0.166 e. The minimum absolute atomic E-state index is 0.0218. The van der Waals surface area contributed by atoms with Gasteiger partial charge in [-0.3, -0.25) is 0 Å². The number of aliphatic hydroxyl groups excluding tert-OH is 1. The van der Waals surface area contributed by atoms with E-state index in [1.54, 1.807) is 25.1 Å². The highest BCUT2D eigenvalue weighted by atomic mass is 35.5. The van der Waals surface area contributed by atoms with Gasteiger partial charge in [0.25, 0.3) is 0 Å². The molecule has 0 amide bonds. The van der Waals surface area contributed by atoms with Gasteiger partial charge in [0, 0.05) is 11.1 Å². The lowest BCUT2D eigenvalue weighted by molar-refractivity contribution is 0.198. The summed E-state index contributed by atoms with van der Waals surface area (Å²) in [6.45, 7) is 1.56. The first-order valence-electron chi connectivity index (χ1n) is 5.58. The summed E-state index contributed by atoms with van der Waals surface area (Å²) in [4.78, 5) is 0. The van der Waals surface area contributed by atoms with E-state index < -0.39 is 11.9 Å². The van der Waals surface area contributed by atoms with Gasteiger partial charge in [0.15, 0.2) is 11.6 Å². The molecule has 1 unspecified atom stereocenters. The molecule has 0 aliphatic carbocycles. The second-order valence-electron chi connectivity index (χ2n) is 4.04. The summed E-state index contributed by atoms with van der Waals surface area (Å²) in [6, 6.07) is 8.94. The Bertz CT molecular complexity index is 600. The largest absolute Gasteiger partial charge is 0.453 e. The summed E-state index contributed by atoms with van der Waals surface area (Å²) < 4.78 is 19.2. The standard InChI is InChI=1S/C14H11Cl2FO2/c1-8(18)9-2-5-13(12(17)6-9)19-14-7-10(15)3-4-11(14)16/h2-8,18H,1H3. The SMILES string of the molecule is CC(O)c1ccc(Oc2cc(Cl)ccc2Cl)c(F)c1. The van der Waals surface area contributed by atoms with Crippen LogP contribution in [0.1, 0.15) is 18.6 Å². The van der Waals surface area contributed by atoms with Crippen molar-refractivity contribution in [3.8, 4) is 11.5 Å². The van der Waals surface area contributed by atoms with E-state index in [9.17, 15) is 9.50 Å². The van der Waals surface area contributed by atoms with E-state index in [2.05, 4.69) is 0 Å². The maximum absolute atomic E-state index is 13.8. The molecule has 2 aromatic rings. The van der Waals surface area contributed by atoms with Crippen LogP contribution < -0.4 is 4.74 Å². The molecule has 0 saturated heterocycles. The quantitative estimate of drug-likeness (QED) is 0.866. The van der Waals surface area contributed by atoms with Gasteiger partial charge in [-0.25, -0.2) is 4.39 Å². The van der Waals surface area contributed by atoms with Crippen molar-refractivity contribution in [1.82, 2.24) is 0 Å². The number of ether oxygens (including phenoxy) is 1. The molecule has 2 nitrogen and oxygen atoms in total. The van der Waals surface area contributed by atoms with E-state index in [-0.39, 0.29) is 11.5 Å². The summed E-state index contributed by atoms with van der Waals surface area (Å²) in [7, 11) is 0. The highest BCUT2D eigenvalue weighted by Crippen LogP contribution is 2.33. The van der Waals surface area contributed by atoms with Crippen molar-refractivity contribution in [2.75, 3.05) is 0 Å². The Labute approximate surface area is 120 Å². The molecular formula is C14H11Cl2FO2. The lowest BCUT2D eigenvalue weighted by Gasteiger charge is -2.11. The average Bonchev–Trinajstić information content (AvgIpc) is 2.36. The van der Waals surface area contributed by atoms with Gasteiger partial charge in [0.1, 0.15) is 5.75 Å². The molecule has 19 heavy (non-hydrogen) atoms. The van der Waals surface area contributed by atoms with Gasteiger partial charge in [-0.05, 0) is 36.8 Å². The Balaban J connectivity index is 2.31. The summed E-state index contributed by atoms with van der Waals surface area (Å²) >= 11 is 11.8. The van der Waals surface area contributed by atoms with Crippen LogP contribution >= 0.6 is 23.2 Å².